The lowest BCUT2D eigenvalue weighted by atomic mass is 9.90. The number of ether oxygens (including phenoxy) is 1. The summed E-state index contributed by atoms with van der Waals surface area (Å²) in [6.45, 7) is 7.33. The van der Waals surface area contributed by atoms with Crippen molar-refractivity contribution < 1.29 is 9.53 Å². The molecule has 0 unspecified atom stereocenters. The van der Waals surface area contributed by atoms with E-state index in [0.29, 0.717) is 6.61 Å². The van der Waals surface area contributed by atoms with Crippen molar-refractivity contribution in [1.82, 2.24) is 14.8 Å². The van der Waals surface area contributed by atoms with Gasteiger partial charge in [-0.05, 0) is 26.8 Å². The van der Waals surface area contributed by atoms with Crippen LogP contribution in [0, 0.1) is 0 Å². The van der Waals surface area contributed by atoms with Crippen LogP contribution in [0.2, 0.25) is 0 Å². The fourth-order valence-corrected chi connectivity index (χ4v) is 2.68. The van der Waals surface area contributed by atoms with Gasteiger partial charge in [-0.25, -0.2) is 4.98 Å². The highest BCUT2D eigenvalue weighted by molar-refractivity contribution is 7.13. The van der Waals surface area contributed by atoms with Gasteiger partial charge in [0.25, 0.3) is 0 Å². The van der Waals surface area contributed by atoms with Gasteiger partial charge in [-0.1, -0.05) is 0 Å². The first-order valence-corrected chi connectivity index (χ1v) is 7.76. The van der Waals surface area contributed by atoms with E-state index in [1.807, 2.05) is 36.2 Å². The molecule has 114 valence electrons. The molecule has 0 amide bonds. The van der Waals surface area contributed by atoms with Crippen molar-refractivity contribution in [3.05, 3.63) is 29.5 Å². The van der Waals surface area contributed by atoms with Crippen LogP contribution >= 0.6 is 11.3 Å². The van der Waals surface area contributed by atoms with Crippen LogP contribution in [0.4, 0.5) is 5.13 Å². The van der Waals surface area contributed by atoms with Gasteiger partial charge in [0.15, 0.2) is 5.13 Å². The third-order valence-corrected chi connectivity index (χ3v) is 3.91. The summed E-state index contributed by atoms with van der Waals surface area (Å²) in [5, 5.41) is 10.1. The average molecular weight is 308 g/mol. The molecule has 0 spiro atoms. The SMILES string of the molecule is CCOC(=O)C(C)(C)c1csc(NCCn2cccn2)n1. The topological polar surface area (TPSA) is 69.0 Å². The maximum Gasteiger partial charge on any atom is 0.317 e. The van der Waals surface area contributed by atoms with E-state index in [2.05, 4.69) is 15.4 Å². The molecule has 21 heavy (non-hydrogen) atoms. The fourth-order valence-electron chi connectivity index (χ4n) is 1.77. The lowest BCUT2D eigenvalue weighted by Crippen LogP contribution is -2.31. The van der Waals surface area contributed by atoms with Crippen molar-refractivity contribution in [2.24, 2.45) is 0 Å². The molecular formula is C14H20N4O2S. The number of nitrogens with zero attached hydrogens (tertiary/aromatic N) is 3. The smallest absolute Gasteiger partial charge is 0.317 e. The third kappa shape index (κ3) is 3.81. The summed E-state index contributed by atoms with van der Waals surface area (Å²) < 4.78 is 6.95. The maximum absolute atomic E-state index is 12.0. The zero-order valence-corrected chi connectivity index (χ0v) is 13.3. The second-order valence-electron chi connectivity index (χ2n) is 5.08. The summed E-state index contributed by atoms with van der Waals surface area (Å²) in [5.41, 5.74) is 0.00145. The molecule has 0 fully saturated rings. The first-order valence-electron chi connectivity index (χ1n) is 6.88. The highest BCUT2D eigenvalue weighted by atomic mass is 32.1. The van der Waals surface area contributed by atoms with E-state index < -0.39 is 5.41 Å². The molecule has 0 saturated carbocycles. The van der Waals surface area contributed by atoms with Crippen molar-refractivity contribution in [3.63, 3.8) is 0 Å². The first kappa shape index (κ1) is 15.5. The molecule has 0 aliphatic heterocycles. The first-order chi connectivity index (χ1) is 10.0. The Hall–Kier alpha value is -1.89. The van der Waals surface area contributed by atoms with Crippen LogP contribution in [-0.2, 0) is 21.5 Å². The molecule has 0 saturated heterocycles. The van der Waals surface area contributed by atoms with E-state index in [9.17, 15) is 4.79 Å². The Bertz CT molecular complexity index is 578. The van der Waals surface area contributed by atoms with Crippen molar-refractivity contribution in [2.75, 3.05) is 18.5 Å². The molecule has 2 aromatic heterocycles. The highest BCUT2D eigenvalue weighted by Crippen LogP contribution is 2.28. The van der Waals surface area contributed by atoms with E-state index >= 15 is 0 Å². The van der Waals surface area contributed by atoms with Crippen LogP contribution in [0.1, 0.15) is 26.5 Å². The lowest BCUT2D eigenvalue weighted by Gasteiger charge is -2.19. The largest absolute Gasteiger partial charge is 0.465 e. The second kappa shape index (κ2) is 6.71. The quantitative estimate of drug-likeness (QED) is 0.795. The number of carbonyl (C=O) groups excluding carboxylic acids is 1. The van der Waals surface area contributed by atoms with E-state index in [4.69, 9.17) is 4.74 Å². The van der Waals surface area contributed by atoms with Gasteiger partial charge in [0.2, 0.25) is 0 Å². The second-order valence-corrected chi connectivity index (χ2v) is 5.94. The Morgan fingerprint density at radius 2 is 2.33 bits per heavy atom. The van der Waals surface area contributed by atoms with Crippen molar-refractivity contribution in [3.8, 4) is 0 Å². The number of rotatable bonds is 7. The van der Waals surface area contributed by atoms with E-state index in [1.54, 1.807) is 13.1 Å². The summed E-state index contributed by atoms with van der Waals surface area (Å²) in [7, 11) is 0. The van der Waals surface area contributed by atoms with Gasteiger partial charge in [0.05, 0.1) is 18.8 Å². The van der Waals surface area contributed by atoms with Crippen LogP contribution in [0.3, 0.4) is 0 Å². The standard InChI is InChI=1S/C14H20N4O2S/c1-4-20-12(19)14(2,3)11-10-21-13(17-11)15-7-9-18-8-5-6-16-18/h5-6,8,10H,4,7,9H2,1-3H3,(H,15,17). The van der Waals surface area contributed by atoms with Crippen LogP contribution in [0.25, 0.3) is 0 Å². The Morgan fingerprint density at radius 1 is 1.52 bits per heavy atom. The minimum absolute atomic E-state index is 0.251. The van der Waals surface area contributed by atoms with Crippen LogP contribution < -0.4 is 5.32 Å². The van der Waals surface area contributed by atoms with Crippen LogP contribution in [0.5, 0.6) is 0 Å². The van der Waals surface area contributed by atoms with Crippen molar-refractivity contribution in [1.29, 1.82) is 0 Å². The minimum Gasteiger partial charge on any atom is -0.465 e. The summed E-state index contributed by atoms with van der Waals surface area (Å²) >= 11 is 1.49. The monoisotopic (exact) mass is 308 g/mol. The predicted octanol–water partition coefficient (Wildman–Crippen LogP) is 2.29. The van der Waals surface area contributed by atoms with Crippen molar-refractivity contribution >= 4 is 22.4 Å². The molecule has 2 rings (SSSR count). The van der Waals surface area contributed by atoms with Crippen LogP contribution in [-0.4, -0.2) is 33.9 Å². The Morgan fingerprint density at radius 3 is 3.00 bits per heavy atom. The highest BCUT2D eigenvalue weighted by Gasteiger charge is 2.33. The van der Waals surface area contributed by atoms with Gasteiger partial charge in [-0.3, -0.25) is 9.48 Å². The number of aromatic nitrogens is 3. The van der Waals surface area contributed by atoms with Gasteiger partial charge < -0.3 is 10.1 Å². The number of thiazole rings is 1. The normalized spacial score (nSPS) is 11.4. The molecule has 0 aliphatic carbocycles. The predicted molar refractivity (Wildman–Crippen MR) is 82.5 cm³/mol. The van der Waals surface area contributed by atoms with Crippen molar-refractivity contribution in [2.45, 2.75) is 32.7 Å². The molecule has 0 radical (unpaired) electrons. The maximum atomic E-state index is 12.0. The Labute approximate surface area is 128 Å². The number of esters is 1. The fraction of sp³-hybridized carbons (Fsp3) is 0.500. The number of hydrogen-bond donors (Lipinski definition) is 1. The van der Waals surface area contributed by atoms with E-state index in [1.165, 1.54) is 11.3 Å². The summed E-state index contributed by atoms with van der Waals surface area (Å²) in [6, 6.07) is 1.89. The molecular weight excluding hydrogens is 288 g/mol. The molecule has 0 aliphatic rings. The Kier molecular flexibility index (Phi) is 4.95. The van der Waals surface area contributed by atoms with Gasteiger partial charge in [0, 0.05) is 24.3 Å². The molecule has 0 aromatic carbocycles. The Balaban J connectivity index is 1.92. The van der Waals surface area contributed by atoms with E-state index in [-0.39, 0.29) is 5.97 Å². The number of nitrogens with one attached hydrogen (secondary N) is 1. The zero-order valence-electron chi connectivity index (χ0n) is 12.5. The molecule has 6 nitrogen and oxygen atoms in total. The molecule has 7 heteroatoms. The van der Waals surface area contributed by atoms with Gasteiger partial charge in [-0.2, -0.15) is 5.10 Å². The summed E-state index contributed by atoms with van der Waals surface area (Å²) in [4.78, 5) is 16.4. The zero-order chi connectivity index (χ0) is 15.3. The number of hydrogen-bond acceptors (Lipinski definition) is 6. The van der Waals surface area contributed by atoms with Gasteiger partial charge in [-0.15, -0.1) is 11.3 Å². The number of carbonyl (C=O) groups is 1. The molecule has 0 bridgehead atoms. The van der Waals surface area contributed by atoms with Gasteiger partial charge >= 0.3 is 5.97 Å². The summed E-state index contributed by atoms with van der Waals surface area (Å²) in [5.74, 6) is -0.251. The third-order valence-electron chi connectivity index (χ3n) is 3.11. The molecule has 2 heterocycles. The minimum atomic E-state index is -0.728. The number of anilines is 1. The van der Waals surface area contributed by atoms with Crippen LogP contribution in [0.15, 0.2) is 23.8 Å². The lowest BCUT2D eigenvalue weighted by molar-refractivity contribution is -0.148. The molecule has 2 aromatic rings. The molecule has 1 N–H and O–H groups in total. The molecule has 0 atom stereocenters. The van der Waals surface area contributed by atoms with E-state index in [0.717, 1.165) is 23.9 Å². The average Bonchev–Trinajstić information content (AvgIpc) is 3.10. The summed E-state index contributed by atoms with van der Waals surface area (Å²) in [6.07, 6.45) is 3.67. The van der Waals surface area contributed by atoms with Gasteiger partial charge in [0.1, 0.15) is 5.41 Å².